The van der Waals surface area contributed by atoms with E-state index in [4.69, 9.17) is 15.2 Å². The van der Waals surface area contributed by atoms with Crippen molar-refractivity contribution in [1.29, 1.82) is 0 Å². The third-order valence-corrected chi connectivity index (χ3v) is 5.75. The van der Waals surface area contributed by atoms with Crippen molar-refractivity contribution in [2.24, 2.45) is 5.73 Å². The zero-order valence-electron chi connectivity index (χ0n) is 19.8. The number of carbonyl (C=O) groups is 1. The number of aryl methyl sites for hydroxylation is 1. The van der Waals surface area contributed by atoms with E-state index in [1.807, 2.05) is 55.5 Å². The van der Waals surface area contributed by atoms with E-state index < -0.39 is 0 Å². The maximum absolute atomic E-state index is 11.5. The highest BCUT2D eigenvalue weighted by Gasteiger charge is 2.15. The number of ether oxygens (including phenoxy) is 2. The van der Waals surface area contributed by atoms with Crippen molar-refractivity contribution < 1.29 is 14.3 Å². The van der Waals surface area contributed by atoms with Crippen LogP contribution in [-0.2, 0) is 11.2 Å². The lowest BCUT2D eigenvalue weighted by atomic mass is 9.95. The minimum atomic E-state index is -0.350. The smallest absolute Gasteiger partial charge is 0.221 e. The molecule has 0 saturated carbocycles. The van der Waals surface area contributed by atoms with Crippen LogP contribution in [-0.4, -0.2) is 30.1 Å². The summed E-state index contributed by atoms with van der Waals surface area (Å²) < 4.78 is 10.9. The van der Waals surface area contributed by atoms with Crippen LogP contribution in [0, 0.1) is 6.92 Å². The van der Waals surface area contributed by atoms with Crippen LogP contribution >= 0.6 is 0 Å². The van der Waals surface area contributed by atoms with Gasteiger partial charge in [-0.15, -0.1) is 0 Å². The van der Waals surface area contributed by atoms with E-state index in [1.54, 1.807) is 14.2 Å². The first-order chi connectivity index (χ1) is 16.4. The minimum Gasteiger partial charge on any atom is -0.493 e. The van der Waals surface area contributed by atoms with Crippen molar-refractivity contribution in [1.82, 2.24) is 9.97 Å². The summed E-state index contributed by atoms with van der Waals surface area (Å²) in [6, 6.07) is 19.8. The van der Waals surface area contributed by atoms with E-state index in [9.17, 15) is 4.79 Å². The second-order valence-corrected chi connectivity index (χ2v) is 8.14. The lowest BCUT2D eigenvalue weighted by Crippen LogP contribution is -2.14. The van der Waals surface area contributed by atoms with Gasteiger partial charge in [-0.2, -0.15) is 0 Å². The molecule has 0 saturated heterocycles. The Bertz CT molecular complexity index is 1350. The topological polar surface area (TPSA) is 99.4 Å². The summed E-state index contributed by atoms with van der Waals surface area (Å²) in [7, 11) is 3.21. The normalized spacial score (nSPS) is 11.8. The van der Waals surface area contributed by atoms with Crippen molar-refractivity contribution in [2.45, 2.75) is 26.3 Å². The Morgan fingerprint density at radius 2 is 1.74 bits per heavy atom. The van der Waals surface area contributed by atoms with Gasteiger partial charge in [0.1, 0.15) is 11.6 Å². The number of carbonyl (C=O) groups excluding carboxylic acids is 1. The molecule has 0 aliphatic heterocycles. The molecule has 4 aromatic rings. The van der Waals surface area contributed by atoms with E-state index >= 15 is 0 Å². The molecule has 1 aromatic heterocycles. The highest BCUT2D eigenvalue weighted by atomic mass is 16.5. The Morgan fingerprint density at radius 1 is 1.00 bits per heavy atom. The Kier molecular flexibility index (Phi) is 6.63. The molecule has 7 nitrogen and oxygen atoms in total. The van der Waals surface area contributed by atoms with Crippen LogP contribution in [0.1, 0.15) is 29.9 Å². The second-order valence-electron chi connectivity index (χ2n) is 8.14. The first kappa shape index (κ1) is 23.0. The van der Waals surface area contributed by atoms with Gasteiger partial charge in [0, 0.05) is 17.5 Å². The predicted octanol–water partition coefficient (Wildman–Crippen LogP) is 4.82. The van der Waals surface area contributed by atoms with Gasteiger partial charge in [-0.05, 0) is 48.2 Å². The molecule has 4 rings (SSSR count). The maximum Gasteiger partial charge on any atom is 0.221 e. The Balaban J connectivity index is 1.70. The summed E-state index contributed by atoms with van der Waals surface area (Å²) in [5.41, 5.74) is 10.2. The number of methoxy groups -OCH3 is 2. The number of nitrogens with two attached hydrogens (primary N) is 1. The molecular formula is C27H28N4O3. The fourth-order valence-corrected chi connectivity index (χ4v) is 4.09. The van der Waals surface area contributed by atoms with E-state index in [0.29, 0.717) is 17.3 Å². The molecule has 0 spiro atoms. The van der Waals surface area contributed by atoms with Gasteiger partial charge in [-0.3, -0.25) is 4.79 Å². The average molecular weight is 457 g/mol. The van der Waals surface area contributed by atoms with Crippen molar-refractivity contribution in [3.05, 3.63) is 77.6 Å². The van der Waals surface area contributed by atoms with Crippen LogP contribution in [0.4, 0.5) is 5.82 Å². The SMILES string of the molecule is COc1cc2nc(C)nc(NC(C)c3cccc(-c4ccccc4CC(N)=O)c3)c2cc1OC. The highest BCUT2D eigenvalue weighted by Crippen LogP contribution is 2.35. The summed E-state index contributed by atoms with van der Waals surface area (Å²) in [5.74, 6) is 2.26. The highest BCUT2D eigenvalue weighted by molar-refractivity contribution is 5.92. The number of primary amides is 1. The number of amides is 1. The summed E-state index contributed by atoms with van der Waals surface area (Å²) in [4.78, 5) is 20.8. The van der Waals surface area contributed by atoms with Gasteiger partial charge in [0.15, 0.2) is 11.5 Å². The molecule has 0 aliphatic carbocycles. The van der Waals surface area contributed by atoms with Gasteiger partial charge in [0.2, 0.25) is 5.91 Å². The van der Waals surface area contributed by atoms with E-state index in [1.165, 1.54) is 0 Å². The minimum absolute atomic E-state index is 0.0474. The molecule has 1 heterocycles. The Labute approximate surface area is 198 Å². The third-order valence-electron chi connectivity index (χ3n) is 5.75. The van der Waals surface area contributed by atoms with Gasteiger partial charge in [-0.25, -0.2) is 9.97 Å². The van der Waals surface area contributed by atoms with Crippen molar-refractivity contribution >= 4 is 22.6 Å². The zero-order valence-corrected chi connectivity index (χ0v) is 19.8. The van der Waals surface area contributed by atoms with Crippen LogP contribution in [0.3, 0.4) is 0 Å². The Morgan fingerprint density at radius 3 is 2.47 bits per heavy atom. The number of benzene rings is 3. The van der Waals surface area contributed by atoms with Gasteiger partial charge >= 0.3 is 0 Å². The van der Waals surface area contributed by atoms with E-state index in [0.717, 1.165) is 39.0 Å². The molecule has 7 heteroatoms. The quantitative estimate of drug-likeness (QED) is 0.394. The number of anilines is 1. The molecule has 1 unspecified atom stereocenters. The van der Waals surface area contributed by atoms with Gasteiger partial charge in [0.05, 0.1) is 26.2 Å². The van der Waals surface area contributed by atoms with Gasteiger partial charge in [-0.1, -0.05) is 42.5 Å². The first-order valence-electron chi connectivity index (χ1n) is 11.0. The maximum atomic E-state index is 11.5. The largest absolute Gasteiger partial charge is 0.493 e. The lowest BCUT2D eigenvalue weighted by Gasteiger charge is -2.19. The van der Waals surface area contributed by atoms with Crippen LogP contribution in [0.15, 0.2) is 60.7 Å². The fourth-order valence-electron chi connectivity index (χ4n) is 4.09. The van der Waals surface area contributed by atoms with E-state index in [2.05, 4.69) is 34.3 Å². The third kappa shape index (κ3) is 4.78. The summed E-state index contributed by atoms with van der Waals surface area (Å²) in [5, 5.41) is 4.38. The summed E-state index contributed by atoms with van der Waals surface area (Å²) in [6.07, 6.45) is 0.200. The summed E-state index contributed by atoms with van der Waals surface area (Å²) in [6.45, 7) is 3.95. The fraction of sp³-hybridized carbons (Fsp3) is 0.222. The average Bonchev–Trinajstić information content (AvgIpc) is 2.83. The van der Waals surface area contributed by atoms with Crippen LogP contribution in [0.2, 0.25) is 0 Å². The van der Waals surface area contributed by atoms with Gasteiger partial charge in [0.25, 0.3) is 0 Å². The number of nitrogens with zero attached hydrogens (tertiary/aromatic N) is 2. The molecule has 1 amide bonds. The molecule has 3 N–H and O–H groups in total. The number of nitrogens with one attached hydrogen (secondary N) is 1. The van der Waals surface area contributed by atoms with Crippen molar-refractivity contribution in [3.63, 3.8) is 0 Å². The van der Waals surface area contributed by atoms with E-state index in [-0.39, 0.29) is 18.4 Å². The number of rotatable bonds is 8. The molecule has 174 valence electrons. The lowest BCUT2D eigenvalue weighted by molar-refractivity contribution is -0.117. The van der Waals surface area contributed by atoms with Crippen LogP contribution in [0.5, 0.6) is 11.5 Å². The van der Waals surface area contributed by atoms with Gasteiger partial charge < -0.3 is 20.5 Å². The summed E-state index contributed by atoms with van der Waals surface area (Å²) >= 11 is 0. The van der Waals surface area contributed by atoms with Crippen LogP contribution < -0.4 is 20.5 Å². The zero-order chi connectivity index (χ0) is 24.2. The molecule has 0 fully saturated rings. The molecule has 1 atom stereocenters. The number of fused-ring (bicyclic) bond motifs is 1. The Hall–Kier alpha value is -4.13. The monoisotopic (exact) mass is 456 g/mol. The molecule has 0 radical (unpaired) electrons. The first-order valence-corrected chi connectivity index (χ1v) is 11.0. The molecular weight excluding hydrogens is 428 g/mol. The molecule has 3 aromatic carbocycles. The molecule has 0 bridgehead atoms. The number of hydrogen-bond acceptors (Lipinski definition) is 6. The van der Waals surface area contributed by atoms with Crippen molar-refractivity contribution in [3.8, 4) is 22.6 Å². The van der Waals surface area contributed by atoms with Crippen molar-refractivity contribution in [2.75, 3.05) is 19.5 Å². The predicted molar refractivity (Wildman–Crippen MR) is 134 cm³/mol. The number of hydrogen-bond donors (Lipinski definition) is 2. The van der Waals surface area contributed by atoms with Crippen LogP contribution in [0.25, 0.3) is 22.0 Å². The second kappa shape index (κ2) is 9.79. The molecule has 0 aliphatic rings. The molecule has 34 heavy (non-hydrogen) atoms. The standard InChI is InChI=1S/C27H28N4O3/c1-16(18-9-7-10-19(12-18)21-11-6-5-8-20(21)13-26(28)32)29-27-22-14-24(33-3)25(34-4)15-23(22)30-17(2)31-27/h5-12,14-16H,13H2,1-4H3,(H2,28,32)(H,29,30,31). The number of aromatic nitrogens is 2.